The van der Waals surface area contributed by atoms with Gasteiger partial charge in [-0.25, -0.2) is 0 Å². The van der Waals surface area contributed by atoms with Gasteiger partial charge < -0.3 is 10.1 Å². The van der Waals surface area contributed by atoms with Gasteiger partial charge in [0.2, 0.25) is 0 Å². The van der Waals surface area contributed by atoms with E-state index in [1.807, 2.05) is 0 Å². The van der Waals surface area contributed by atoms with Crippen LogP contribution in [0.5, 0.6) is 0 Å². The van der Waals surface area contributed by atoms with Crippen LogP contribution in [-0.4, -0.2) is 25.3 Å². The second-order valence-electron chi connectivity index (χ2n) is 5.21. The second-order valence-corrected chi connectivity index (χ2v) is 5.21. The zero-order valence-electron chi connectivity index (χ0n) is 10.7. The highest BCUT2D eigenvalue weighted by Gasteiger charge is 2.19. The number of methoxy groups -OCH3 is 1. The van der Waals surface area contributed by atoms with Crippen molar-refractivity contribution in [3.8, 4) is 0 Å². The summed E-state index contributed by atoms with van der Waals surface area (Å²) in [5.41, 5.74) is -0.00968. The summed E-state index contributed by atoms with van der Waals surface area (Å²) in [7, 11) is 1.78. The van der Waals surface area contributed by atoms with Crippen molar-refractivity contribution >= 4 is 0 Å². The Hall–Kier alpha value is -0.0800. The Morgan fingerprint density at radius 1 is 1.21 bits per heavy atom. The van der Waals surface area contributed by atoms with Crippen molar-refractivity contribution in [1.29, 1.82) is 0 Å². The molecule has 86 valence electrons. The fraction of sp³-hybridized carbons (Fsp3) is 1.00. The van der Waals surface area contributed by atoms with Crippen molar-refractivity contribution in [3.05, 3.63) is 0 Å². The maximum atomic E-state index is 5.40. The molecule has 0 aliphatic rings. The molecule has 0 aliphatic carbocycles. The van der Waals surface area contributed by atoms with E-state index in [9.17, 15) is 0 Å². The summed E-state index contributed by atoms with van der Waals surface area (Å²) in [5, 5.41) is 3.52. The average molecular weight is 201 g/mol. The minimum Gasteiger partial charge on any atom is -0.379 e. The fourth-order valence-corrected chi connectivity index (χ4v) is 1.51. The quantitative estimate of drug-likeness (QED) is 0.684. The Morgan fingerprint density at radius 3 is 2.21 bits per heavy atom. The molecule has 0 fully saturated rings. The summed E-state index contributed by atoms with van der Waals surface area (Å²) in [6.07, 6.45) is 2.30. The lowest BCUT2D eigenvalue weighted by atomic mass is 9.99. The molecule has 1 unspecified atom stereocenters. The van der Waals surface area contributed by atoms with Gasteiger partial charge >= 0.3 is 0 Å². The molecule has 2 heteroatoms. The number of ether oxygens (including phenoxy) is 1. The van der Waals surface area contributed by atoms with Crippen LogP contribution in [-0.2, 0) is 4.74 Å². The molecule has 0 amide bonds. The molecule has 0 saturated heterocycles. The second kappa shape index (κ2) is 6.41. The van der Waals surface area contributed by atoms with Crippen LogP contribution < -0.4 is 5.32 Å². The van der Waals surface area contributed by atoms with E-state index in [2.05, 4.69) is 39.9 Å². The summed E-state index contributed by atoms with van der Waals surface area (Å²) >= 11 is 0. The molecule has 0 rings (SSSR count). The van der Waals surface area contributed by atoms with Crippen molar-refractivity contribution in [1.82, 2.24) is 5.32 Å². The smallest absolute Gasteiger partial charge is 0.0637 e. The highest BCUT2D eigenvalue weighted by molar-refractivity contribution is 4.75. The van der Waals surface area contributed by atoms with Crippen LogP contribution >= 0.6 is 0 Å². The molecule has 0 saturated carbocycles. The van der Waals surface area contributed by atoms with Crippen LogP contribution in [0.4, 0.5) is 0 Å². The monoisotopic (exact) mass is 201 g/mol. The fourth-order valence-electron chi connectivity index (χ4n) is 1.51. The molecule has 0 spiro atoms. The maximum Gasteiger partial charge on any atom is 0.0637 e. The van der Waals surface area contributed by atoms with Crippen LogP contribution in [0.3, 0.4) is 0 Å². The average Bonchev–Trinajstić information content (AvgIpc) is 2.02. The first-order chi connectivity index (χ1) is 6.37. The van der Waals surface area contributed by atoms with Gasteiger partial charge in [-0.1, -0.05) is 13.8 Å². The van der Waals surface area contributed by atoms with Crippen molar-refractivity contribution in [3.63, 3.8) is 0 Å². The van der Waals surface area contributed by atoms with Gasteiger partial charge in [-0.15, -0.1) is 0 Å². The Bertz CT molecular complexity index is 143. The molecule has 0 aromatic heterocycles. The molecular formula is C12H27NO. The molecule has 0 aliphatic heterocycles. The summed E-state index contributed by atoms with van der Waals surface area (Å²) in [5.74, 6) is 0.783. The Labute approximate surface area is 89.4 Å². The molecular weight excluding hydrogens is 174 g/mol. The van der Waals surface area contributed by atoms with Gasteiger partial charge in [-0.2, -0.15) is 0 Å². The van der Waals surface area contributed by atoms with Gasteiger partial charge in [0, 0.05) is 13.2 Å². The van der Waals surface area contributed by atoms with Crippen LogP contribution in [0.2, 0.25) is 0 Å². The minimum absolute atomic E-state index is 0.00968. The number of hydrogen-bond acceptors (Lipinski definition) is 2. The third-order valence-electron chi connectivity index (χ3n) is 2.56. The molecule has 1 atom stereocenters. The largest absolute Gasteiger partial charge is 0.379 e. The van der Waals surface area contributed by atoms with Gasteiger partial charge in [0.15, 0.2) is 0 Å². The number of hydrogen-bond donors (Lipinski definition) is 1. The molecule has 14 heavy (non-hydrogen) atoms. The molecule has 0 radical (unpaired) electrons. The number of nitrogens with one attached hydrogen (secondary N) is 1. The number of rotatable bonds is 7. The summed E-state index contributed by atoms with van der Waals surface area (Å²) in [4.78, 5) is 0. The van der Waals surface area contributed by atoms with E-state index >= 15 is 0 Å². The lowest BCUT2D eigenvalue weighted by molar-refractivity contribution is 0.00855. The summed E-state index contributed by atoms with van der Waals surface area (Å²) in [6.45, 7) is 12.1. The standard InChI is InChI=1S/C12H27NO/c1-10(2)7-8-13-11(3)9-12(4,5)14-6/h10-11,13H,7-9H2,1-6H3. The first-order valence-corrected chi connectivity index (χ1v) is 5.66. The van der Waals surface area contributed by atoms with Gasteiger partial charge in [-0.3, -0.25) is 0 Å². The molecule has 0 heterocycles. The maximum absolute atomic E-state index is 5.40. The Morgan fingerprint density at radius 2 is 1.79 bits per heavy atom. The highest BCUT2D eigenvalue weighted by Crippen LogP contribution is 2.15. The summed E-state index contributed by atoms with van der Waals surface area (Å²) in [6, 6.07) is 0.531. The minimum atomic E-state index is -0.00968. The van der Waals surface area contributed by atoms with Crippen molar-refractivity contribution < 1.29 is 4.74 Å². The van der Waals surface area contributed by atoms with Crippen LogP contribution in [0.1, 0.15) is 47.5 Å². The van der Waals surface area contributed by atoms with Gasteiger partial charge in [0.05, 0.1) is 5.60 Å². The molecule has 2 nitrogen and oxygen atoms in total. The zero-order chi connectivity index (χ0) is 11.2. The predicted molar refractivity (Wildman–Crippen MR) is 62.6 cm³/mol. The topological polar surface area (TPSA) is 21.3 Å². The summed E-state index contributed by atoms with van der Waals surface area (Å²) < 4.78 is 5.40. The molecule has 0 aromatic rings. The van der Waals surface area contributed by atoms with E-state index in [4.69, 9.17) is 4.74 Å². The van der Waals surface area contributed by atoms with Crippen molar-refractivity contribution in [2.75, 3.05) is 13.7 Å². The predicted octanol–water partition coefficient (Wildman–Crippen LogP) is 2.83. The van der Waals surface area contributed by atoms with Crippen LogP contribution in [0.15, 0.2) is 0 Å². The van der Waals surface area contributed by atoms with E-state index in [1.165, 1.54) is 6.42 Å². The zero-order valence-corrected chi connectivity index (χ0v) is 10.7. The molecule has 1 N–H and O–H groups in total. The SMILES string of the molecule is COC(C)(C)CC(C)NCCC(C)C. The van der Waals surface area contributed by atoms with Crippen LogP contribution in [0.25, 0.3) is 0 Å². The van der Waals surface area contributed by atoms with E-state index in [1.54, 1.807) is 7.11 Å². The van der Waals surface area contributed by atoms with E-state index < -0.39 is 0 Å². The first-order valence-electron chi connectivity index (χ1n) is 5.66. The first kappa shape index (κ1) is 13.9. The molecule has 0 aromatic carbocycles. The Kier molecular flexibility index (Phi) is 6.38. The van der Waals surface area contributed by atoms with Crippen LogP contribution in [0, 0.1) is 5.92 Å². The van der Waals surface area contributed by atoms with Gasteiger partial charge in [0.25, 0.3) is 0 Å². The highest BCUT2D eigenvalue weighted by atomic mass is 16.5. The van der Waals surface area contributed by atoms with E-state index in [0.29, 0.717) is 6.04 Å². The third kappa shape index (κ3) is 7.34. The lowest BCUT2D eigenvalue weighted by Gasteiger charge is -2.27. The Balaban J connectivity index is 3.60. The van der Waals surface area contributed by atoms with Gasteiger partial charge in [0.1, 0.15) is 0 Å². The molecule has 0 bridgehead atoms. The van der Waals surface area contributed by atoms with Crippen molar-refractivity contribution in [2.24, 2.45) is 5.92 Å². The van der Waals surface area contributed by atoms with Crippen molar-refractivity contribution in [2.45, 2.75) is 59.1 Å². The van der Waals surface area contributed by atoms with E-state index in [-0.39, 0.29) is 5.60 Å². The lowest BCUT2D eigenvalue weighted by Crippen LogP contribution is -2.36. The van der Waals surface area contributed by atoms with E-state index in [0.717, 1.165) is 18.9 Å². The third-order valence-corrected chi connectivity index (χ3v) is 2.56. The normalized spacial score (nSPS) is 14.8. The van der Waals surface area contributed by atoms with Gasteiger partial charge in [-0.05, 0) is 46.1 Å².